The number of amides is 2. The van der Waals surface area contributed by atoms with Crippen LogP contribution in [0.15, 0.2) is 72.8 Å². The topological polar surface area (TPSA) is 87.5 Å². The molecule has 4 aliphatic rings. The fourth-order valence-corrected chi connectivity index (χ4v) is 8.71. The second-order valence-electron chi connectivity index (χ2n) is 11.2. The SMILES string of the molecule is N#Cc1c(N2C(=O)[C@@H]3[C@@H]4C(=O)Oc5ccc6ccccc6c5C4=C[C@H](c4ccccc4)[C@@H]3C2=O)sc2c1CCCC2. The summed E-state index contributed by atoms with van der Waals surface area (Å²) >= 11 is 1.38. The highest BCUT2D eigenvalue weighted by atomic mass is 32.1. The first-order valence-corrected chi connectivity index (χ1v) is 14.8. The predicted octanol–water partition coefficient (Wildman–Crippen LogP) is 6.17. The molecule has 0 bridgehead atoms. The number of imide groups is 1. The summed E-state index contributed by atoms with van der Waals surface area (Å²) in [5, 5.41) is 12.5. The van der Waals surface area contributed by atoms with Gasteiger partial charge in [0, 0.05) is 16.4 Å². The number of carbonyl (C=O) groups excluding carboxylic acids is 3. The summed E-state index contributed by atoms with van der Waals surface area (Å²) in [5.41, 5.74) is 3.83. The van der Waals surface area contributed by atoms with E-state index in [1.165, 1.54) is 16.2 Å². The number of allylic oxidation sites excluding steroid dienone is 1. The van der Waals surface area contributed by atoms with E-state index in [0.29, 0.717) is 16.3 Å². The Morgan fingerprint density at radius 1 is 0.878 bits per heavy atom. The number of aryl methyl sites for hydroxylation is 1. The van der Waals surface area contributed by atoms with Crippen LogP contribution in [0.4, 0.5) is 5.00 Å². The van der Waals surface area contributed by atoms with Gasteiger partial charge < -0.3 is 4.74 Å². The third-order valence-electron chi connectivity index (χ3n) is 9.13. The quantitative estimate of drug-likeness (QED) is 0.167. The number of carbonyl (C=O) groups is 3. The van der Waals surface area contributed by atoms with E-state index in [-0.39, 0.29) is 5.91 Å². The lowest BCUT2D eigenvalue weighted by atomic mass is 9.64. The van der Waals surface area contributed by atoms with Crippen LogP contribution >= 0.6 is 11.3 Å². The first-order valence-electron chi connectivity index (χ1n) is 14.0. The smallest absolute Gasteiger partial charge is 0.319 e. The van der Waals surface area contributed by atoms with Crippen LogP contribution in [0.2, 0.25) is 0 Å². The van der Waals surface area contributed by atoms with Gasteiger partial charge in [-0.25, -0.2) is 4.90 Å². The summed E-state index contributed by atoms with van der Waals surface area (Å²) in [5.74, 6) is -3.89. The number of benzene rings is 3. The molecular weight excluding hydrogens is 532 g/mol. The molecule has 1 aromatic heterocycles. The number of nitrogens with zero attached hydrogens (tertiary/aromatic N) is 2. The number of nitriles is 1. The molecule has 4 aromatic rings. The number of rotatable bonds is 2. The highest BCUT2D eigenvalue weighted by molar-refractivity contribution is 7.17. The van der Waals surface area contributed by atoms with E-state index in [1.54, 1.807) is 6.07 Å². The Morgan fingerprint density at radius 3 is 2.46 bits per heavy atom. The standard InChI is InChI=1S/C34H24N2O4S/c35-17-24-21-12-6-7-13-26(21)41-33(24)36-31(37)28-22(18-8-2-1-3-9-18)16-23-27-20-11-5-4-10-19(20)14-15-25(27)40-34(39)29(23)30(28)32(36)38/h1-5,8-11,14-16,22,28-30H,6-7,12-13H2/t22-,28+,29-,30+/m1/s1. The normalized spacial score (nSPS) is 24.6. The highest BCUT2D eigenvalue weighted by Gasteiger charge is 2.61. The average Bonchev–Trinajstić information content (AvgIpc) is 3.50. The Hall–Kier alpha value is -4.54. The first-order chi connectivity index (χ1) is 20.1. The predicted molar refractivity (Wildman–Crippen MR) is 155 cm³/mol. The zero-order valence-corrected chi connectivity index (χ0v) is 22.8. The maximum absolute atomic E-state index is 14.5. The molecule has 41 heavy (non-hydrogen) atoms. The molecule has 2 amide bonds. The second-order valence-corrected chi connectivity index (χ2v) is 12.3. The van der Waals surface area contributed by atoms with Crippen molar-refractivity contribution in [1.29, 1.82) is 5.26 Å². The molecular formula is C34H24N2O4S. The van der Waals surface area contributed by atoms with Gasteiger partial charge >= 0.3 is 5.97 Å². The lowest BCUT2D eigenvalue weighted by Gasteiger charge is -2.38. The Bertz CT molecular complexity index is 1880. The number of anilines is 1. The Labute approximate surface area is 240 Å². The minimum absolute atomic E-state index is 0.351. The minimum Gasteiger partial charge on any atom is -0.425 e. The molecule has 1 fully saturated rings. The van der Waals surface area contributed by atoms with Gasteiger partial charge in [0.25, 0.3) is 0 Å². The van der Waals surface area contributed by atoms with Crippen LogP contribution in [0.5, 0.6) is 5.75 Å². The fraction of sp³-hybridized carbons (Fsp3) is 0.235. The Balaban J connectivity index is 1.35. The summed E-state index contributed by atoms with van der Waals surface area (Å²) in [6, 6.07) is 23.7. The largest absolute Gasteiger partial charge is 0.425 e. The molecule has 6 nitrogen and oxygen atoms in total. The second kappa shape index (κ2) is 8.98. The number of hydrogen-bond donors (Lipinski definition) is 0. The van der Waals surface area contributed by atoms with E-state index in [1.807, 2.05) is 66.7 Å². The molecule has 4 atom stereocenters. The molecule has 0 saturated carbocycles. The number of hydrogen-bond acceptors (Lipinski definition) is 6. The minimum atomic E-state index is -0.932. The van der Waals surface area contributed by atoms with E-state index >= 15 is 0 Å². The van der Waals surface area contributed by atoms with Crippen LogP contribution in [0.1, 0.15) is 45.9 Å². The van der Waals surface area contributed by atoms with Gasteiger partial charge in [-0.3, -0.25) is 14.4 Å². The van der Waals surface area contributed by atoms with E-state index in [9.17, 15) is 19.6 Å². The van der Waals surface area contributed by atoms with Crippen molar-refractivity contribution in [1.82, 2.24) is 0 Å². The van der Waals surface area contributed by atoms with Crippen LogP contribution in [0, 0.1) is 29.1 Å². The molecule has 7 heteroatoms. The third-order valence-corrected chi connectivity index (χ3v) is 10.4. The van der Waals surface area contributed by atoms with Crippen molar-refractivity contribution < 1.29 is 19.1 Å². The molecule has 8 rings (SSSR count). The maximum Gasteiger partial charge on any atom is 0.319 e. The van der Waals surface area contributed by atoms with Crippen molar-refractivity contribution in [3.8, 4) is 11.8 Å². The van der Waals surface area contributed by atoms with E-state index < -0.39 is 35.5 Å². The summed E-state index contributed by atoms with van der Waals surface area (Å²) < 4.78 is 5.88. The molecule has 0 spiro atoms. The summed E-state index contributed by atoms with van der Waals surface area (Å²) in [7, 11) is 0. The molecule has 2 aliphatic heterocycles. The number of ether oxygens (including phenoxy) is 1. The summed E-state index contributed by atoms with van der Waals surface area (Å²) in [4.78, 5) is 44.8. The molecule has 2 aliphatic carbocycles. The molecule has 0 N–H and O–H groups in total. The number of fused-ring (bicyclic) bond motifs is 8. The van der Waals surface area contributed by atoms with Crippen LogP contribution in [-0.4, -0.2) is 17.8 Å². The van der Waals surface area contributed by atoms with Gasteiger partial charge in [-0.2, -0.15) is 5.26 Å². The number of thiophene rings is 1. The molecule has 0 unspecified atom stereocenters. The van der Waals surface area contributed by atoms with Gasteiger partial charge in [-0.1, -0.05) is 66.7 Å². The van der Waals surface area contributed by atoms with Crippen molar-refractivity contribution in [3.05, 3.63) is 99.9 Å². The maximum atomic E-state index is 14.5. The first kappa shape index (κ1) is 24.3. The zero-order valence-electron chi connectivity index (χ0n) is 22.0. The molecule has 0 radical (unpaired) electrons. The van der Waals surface area contributed by atoms with Crippen LogP contribution in [-0.2, 0) is 27.2 Å². The summed E-state index contributed by atoms with van der Waals surface area (Å²) in [6.07, 6.45) is 5.64. The van der Waals surface area contributed by atoms with Gasteiger partial charge in [0.2, 0.25) is 11.8 Å². The van der Waals surface area contributed by atoms with Crippen LogP contribution < -0.4 is 9.64 Å². The third kappa shape index (κ3) is 3.37. The van der Waals surface area contributed by atoms with Gasteiger partial charge in [-0.15, -0.1) is 11.3 Å². The molecule has 200 valence electrons. The lowest BCUT2D eigenvalue weighted by molar-refractivity contribution is -0.142. The van der Waals surface area contributed by atoms with Crippen molar-refractivity contribution in [2.75, 3.05) is 4.90 Å². The lowest BCUT2D eigenvalue weighted by Crippen LogP contribution is -2.42. The van der Waals surface area contributed by atoms with E-state index in [2.05, 4.69) is 6.07 Å². The molecule has 1 saturated heterocycles. The van der Waals surface area contributed by atoms with Gasteiger partial charge in [0.05, 0.1) is 23.3 Å². The fourth-order valence-electron chi connectivity index (χ4n) is 7.36. The average molecular weight is 557 g/mol. The van der Waals surface area contributed by atoms with Crippen molar-refractivity contribution in [2.45, 2.75) is 31.6 Å². The van der Waals surface area contributed by atoms with E-state index in [0.717, 1.165) is 63.6 Å². The zero-order chi connectivity index (χ0) is 27.8. The van der Waals surface area contributed by atoms with Crippen LogP contribution in [0.3, 0.4) is 0 Å². The molecule has 3 aromatic carbocycles. The van der Waals surface area contributed by atoms with Gasteiger partial charge in [-0.05, 0) is 59.2 Å². The van der Waals surface area contributed by atoms with Crippen molar-refractivity contribution >= 4 is 50.5 Å². The van der Waals surface area contributed by atoms with Gasteiger partial charge in [0.1, 0.15) is 16.8 Å². The Kier molecular flexibility index (Phi) is 5.32. The van der Waals surface area contributed by atoms with Crippen molar-refractivity contribution in [3.63, 3.8) is 0 Å². The highest BCUT2D eigenvalue weighted by Crippen LogP contribution is 2.56. The van der Waals surface area contributed by atoms with Crippen LogP contribution in [0.25, 0.3) is 16.3 Å². The number of esters is 1. The summed E-state index contributed by atoms with van der Waals surface area (Å²) in [6.45, 7) is 0. The van der Waals surface area contributed by atoms with Crippen molar-refractivity contribution in [2.24, 2.45) is 17.8 Å². The Morgan fingerprint density at radius 2 is 1.63 bits per heavy atom. The van der Waals surface area contributed by atoms with Gasteiger partial charge in [0.15, 0.2) is 0 Å². The van der Waals surface area contributed by atoms with E-state index in [4.69, 9.17) is 4.74 Å². The molecule has 3 heterocycles. The monoisotopic (exact) mass is 556 g/mol.